The third-order valence-electron chi connectivity index (χ3n) is 4.32. The SMILES string of the molecule is COCCN(C(=O)COc1cc(F)ccc1[N+](=O)[O-])c1c(N)n(CC(C)C)c(=O)[nH]c1=O. The predicted octanol–water partition coefficient (Wildman–Crippen LogP) is 0.880. The number of nitrogen functional groups attached to an aromatic ring is 1. The number of ether oxygens (including phenoxy) is 2. The molecule has 1 aromatic carbocycles. The Morgan fingerprint density at radius 2 is 2.06 bits per heavy atom. The van der Waals surface area contributed by atoms with Crippen molar-refractivity contribution in [3.63, 3.8) is 0 Å². The van der Waals surface area contributed by atoms with E-state index in [4.69, 9.17) is 15.2 Å². The molecule has 0 atom stereocenters. The molecule has 0 aliphatic carbocycles. The Bertz CT molecular complexity index is 1110. The molecule has 0 radical (unpaired) electrons. The third kappa shape index (κ3) is 5.69. The fourth-order valence-electron chi connectivity index (χ4n) is 2.90. The lowest BCUT2D eigenvalue weighted by Gasteiger charge is -2.24. The van der Waals surface area contributed by atoms with Crippen LogP contribution in [0.2, 0.25) is 0 Å². The molecule has 13 heteroatoms. The van der Waals surface area contributed by atoms with Crippen LogP contribution >= 0.6 is 0 Å². The molecule has 3 N–H and O–H groups in total. The number of nitro groups is 1. The van der Waals surface area contributed by atoms with Crippen LogP contribution in [-0.4, -0.2) is 47.2 Å². The monoisotopic (exact) mass is 453 g/mol. The summed E-state index contributed by atoms with van der Waals surface area (Å²) in [6, 6.07) is 2.56. The van der Waals surface area contributed by atoms with Crippen molar-refractivity contribution >= 4 is 23.1 Å². The minimum Gasteiger partial charge on any atom is -0.477 e. The number of nitrogens with zero attached hydrogens (tertiary/aromatic N) is 3. The average molecular weight is 453 g/mol. The van der Waals surface area contributed by atoms with Crippen LogP contribution < -0.4 is 26.6 Å². The molecule has 1 amide bonds. The topological polar surface area (TPSA) is 163 Å². The van der Waals surface area contributed by atoms with Crippen molar-refractivity contribution in [2.24, 2.45) is 5.92 Å². The highest BCUT2D eigenvalue weighted by molar-refractivity contribution is 5.96. The zero-order valence-electron chi connectivity index (χ0n) is 17.8. The minimum absolute atomic E-state index is 0.00798. The number of nitrogens with two attached hydrogens (primary N) is 1. The number of aromatic nitrogens is 2. The zero-order valence-corrected chi connectivity index (χ0v) is 17.8. The van der Waals surface area contributed by atoms with Crippen LogP contribution in [0, 0.1) is 21.8 Å². The lowest BCUT2D eigenvalue weighted by Crippen LogP contribution is -2.44. The van der Waals surface area contributed by atoms with Crippen LogP contribution in [0.4, 0.5) is 21.6 Å². The summed E-state index contributed by atoms with van der Waals surface area (Å²) in [5, 5.41) is 11.1. The van der Waals surface area contributed by atoms with Crippen LogP contribution in [0.15, 0.2) is 27.8 Å². The number of nitro benzene ring substituents is 1. The molecule has 2 rings (SSSR count). The summed E-state index contributed by atoms with van der Waals surface area (Å²) in [6.45, 7) is 2.97. The van der Waals surface area contributed by atoms with Crippen molar-refractivity contribution in [3.05, 3.63) is 55.0 Å². The van der Waals surface area contributed by atoms with Gasteiger partial charge in [-0.05, 0) is 12.0 Å². The number of halogens is 1. The van der Waals surface area contributed by atoms with Crippen LogP contribution in [-0.2, 0) is 16.1 Å². The fourth-order valence-corrected chi connectivity index (χ4v) is 2.90. The molecule has 12 nitrogen and oxygen atoms in total. The second-order valence-corrected chi connectivity index (χ2v) is 7.19. The highest BCUT2D eigenvalue weighted by Gasteiger charge is 2.26. The second kappa shape index (κ2) is 10.5. The molecule has 32 heavy (non-hydrogen) atoms. The van der Waals surface area contributed by atoms with Crippen molar-refractivity contribution in [1.82, 2.24) is 9.55 Å². The van der Waals surface area contributed by atoms with Gasteiger partial charge in [-0.1, -0.05) is 13.8 Å². The van der Waals surface area contributed by atoms with E-state index in [0.717, 1.165) is 27.7 Å². The van der Waals surface area contributed by atoms with Crippen molar-refractivity contribution in [1.29, 1.82) is 0 Å². The van der Waals surface area contributed by atoms with Crippen LogP contribution in [0.25, 0.3) is 0 Å². The molecule has 174 valence electrons. The summed E-state index contributed by atoms with van der Waals surface area (Å²) in [7, 11) is 1.38. The molecular weight excluding hydrogens is 429 g/mol. The van der Waals surface area contributed by atoms with Crippen molar-refractivity contribution in [2.75, 3.05) is 37.5 Å². The maximum atomic E-state index is 13.5. The van der Waals surface area contributed by atoms with Crippen LogP contribution in [0.5, 0.6) is 5.75 Å². The predicted molar refractivity (Wildman–Crippen MR) is 113 cm³/mol. The molecule has 2 aromatic rings. The van der Waals surface area contributed by atoms with E-state index in [-0.39, 0.29) is 37.1 Å². The summed E-state index contributed by atoms with van der Waals surface area (Å²) >= 11 is 0. The van der Waals surface area contributed by atoms with Gasteiger partial charge >= 0.3 is 11.4 Å². The van der Waals surface area contributed by atoms with E-state index in [2.05, 4.69) is 4.98 Å². The van der Waals surface area contributed by atoms with Gasteiger partial charge in [0.25, 0.3) is 11.5 Å². The number of benzene rings is 1. The number of nitrogens with one attached hydrogen (secondary N) is 1. The Balaban J connectivity index is 2.42. The lowest BCUT2D eigenvalue weighted by atomic mass is 10.2. The summed E-state index contributed by atoms with van der Waals surface area (Å²) in [6.07, 6.45) is 0. The molecule has 0 aliphatic rings. The molecule has 0 unspecified atom stereocenters. The summed E-state index contributed by atoms with van der Waals surface area (Å²) in [5.41, 5.74) is 3.62. The Morgan fingerprint density at radius 3 is 2.66 bits per heavy atom. The Labute approximate surface area is 181 Å². The van der Waals surface area contributed by atoms with E-state index in [1.54, 1.807) is 0 Å². The van der Waals surface area contributed by atoms with E-state index in [1.165, 1.54) is 7.11 Å². The van der Waals surface area contributed by atoms with Gasteiger partial charge in [-0.2, -0.15) is 0 Å². The Kier molecular flexibility index (Phi) is 8.07. The van der Waals surface area contributed by atoms with Crippen molar-refractivity contribution < 1.29 is 23.6 Å². The molecular formula is C19H24FN5O7. The largest absolute Gasteiger partial charge is 0.477 e. The van der Waals surface area contributed by atoms with E-state index in [0.29, 0.717) is 0 Å². The molecule has 1 aromatic heterocycles. The number of rotatable bonds is 10. The first-order chi connectivity index (χ1) is 15.1. The first kappa shape index (κ1) is 24.5. The first-order valence-corrected chi connectivity index (χ1v) is 9.55. The molecule has 1 heterocycles. The highest BCUT2D eigenvalue weighted by atomic mass is 19.1. The number of amides is 1. The number of hydrogen-bond acceptors (Lipinski definition) is 8. The number of carbonyl (C=O) groups is 1. The maximum absolute atomic E-state index is 13.5. The van der Waals surface area contributed by atoms with Crippen molar-refractivity contribution in [3.8, 4) is 5.75 Å². The van der Waals surface area contributed by atoms with E-state index in [1.807, 2.05) is 13.8 Å². The first-order valence-electron chi connectivity index (χ1n) is 9.55. The van der Waals surface area contributed by atoms with Gasteiger partial charge in [0.05, 0.1) is 11.5 Å². The van der Waals surface area contributed by atoms with E-state index in [9.17, 15) is 28.9 Å². The number of anilines is 2. The molecule has 0 fully saturated rings. The van der Waals surface area contributed by atoms with Crippen LogP contribution in [0.1, 0.15) is 13.8 Å². The zero-order chi connectivity index (χ0) is 24.0. The number of aromatic amines is 1. The van der Waals surface area contributed by atoms with Gasteiger partial charge in [-0.3, -0.25) is 34.2 Å². The van der Waals surface area contributed by atoms with E-state index >= 15 is 0 Å². The van der Waals surface area contributed by atoms with Gasteiger partial charge in [0.1, 0.15) is 11.6 Å². The highest BCUT2D eigenvalue weighted by Crippen LogP contribution is 2.27. The number of methoxy groups -OCH3 is 1. The van der Waals surface area contributed by atoms with E-state index < -0.39 is 45.9 Å². The Hall–Kier alpha value is -3.74. The number of hydrogen-bond donors (Lipinski definition) is 2. The van der Waals surface area contributed by atoms with Crippen LogP contribution in [0.3, 0.4) is 0 Å². The number of carbonyl (C=O) groups excluding carboxylic acids is 1. The number of H-pyrrole nitrogens is 1. The second-order valence-electron chi connectivity index (χ2n) is 7.19. The molecule has 0 saturated heterocycles. The quantitative estimate of drug-likeness (QED) is 0.395. The van der Waals surface area contributed by atoms with Gasteiger partial charge in [0, 0.05) is 32.3 Å². The van der Waals surface area contributed by atoms with Gasteiger partial charge in [-0.25, -0.2) is 9.18 Å². The standard InChI is InChI=1S/C19H24FN5O7/c1-11(2)9-24-17(21)16(18(27)22-19(24)28)23(6-7-31-3)15(26)10-32-14-8-12(20)4-5-13(14)25(29)30/h4-5,8,11H,6-7,9-10,21H2,1-3H3,(H,22,27,28). The van der Waals surface area contributed by atoms with Gasteiger partial charge in [-0.15, -0.1) is 0 Å². The van der Waals surface area contributed by atoms with Gasteiger partial charge in [0.2, 0.25) is 5.75 Å². The lowest BCUT2D eigenvalue weighted by molar-refractivity contribution is -0.385. The summed E-state index contributed by atoms with van der Waals surface area (Å²) in [4.78, 5) is 51.0. The summed E-state index contributed by atoms with van der Waals surface area (Å²) < 4.78 is 24.8. The smallest absolute Gasteiger partial charge is 0.330 e. The molecule has 0 saturated carbocycles. The van der Waals surface area contributed by atoms with Gasteiger partial charge in [0.15, 0.2) is 12.3 Å². The average Bonchev–Trinajstić information content (AvgIpc) is 2.71. The fraction of sp³-hybridized carbons (Fsp3) is 0.421. The Morgan fingerprint density at radius 1 is 1.38 bits per heavy atom. The van der Waals surface area contributed by atoms with Gasteiger partial charge < -0.3 is 15.2 Å². The molecule has 0 spiro atoms. The maximum Gasteiger partial charge on any atom is 0.330 e. The van der Waals surface area contributed by atoms with Crippen molar-refractivity contribution in [2.45, 2.75) is 20.4 Å². The normalized spacial score (nSPS) is 10.9. The summed E-state index contributed by atoms with van der Waals surface area (Å²) in [5.74, 6) is -2.28. The third-order valence-corrected chi connectivity index (χ3v) is 4.32. The molecule has 0 bridgehead atoms. The minimum atomic E-state index is -0.895. The molecule has 0 aliphatic heterocycles.